The Labute approximate surface area is 187 Å². The summed E-state index contributed by atoms with van der Waals surface area (Å²) >= 11 is 1.72. The minimum atomic E-state index is -0.172. The maximum absolute atomic E-state index is 13.9. The molecule has 5 nitrogen and oxygen atoms in total. The molecule has 0 saturated carbocycles. The van der Waals surface area contributed by atoms with Gasteiger partial charge in [-0.05, 0) is 69.1 Å². The lowest BCUT2D eigenvalue weighted by molar-refractivity contribution is 0.100. The Hall–Kier alpha value is -2.09. The number of anilines is 1. The number of hydrogen-bond donors (Lipinski definition) is 1. The van der Waals surface area contributed by atoms with Crippen LogP contribution in [0.1, 0.15) is 37.9 Å². The molecule has 3 heterocycles. The SMILES string of the molecule is CCc1[nH]nc2ccc(CN3CC[C@@]4(C[C@@H]3C)CN(C)SN4c3cccc(F)c3)cc12. The lowest BCUT2D eigenvalue weighted by Crippen LogP contribution is -2.56. The van der Waals surface area contributed by atoms with Crippen LogP contribution in [0, 0.1) is 5.82 Å². The number of fused-ring (bicyclic) bond motifs is 1. The summed E-state index contributed by atoms with van der Waals surface area (Å²) in [5.41, 5.74) is 4.59. The van der Waals surface area contributed by atoms with Gasteiger partial charge in [-0.3, -0.25) is 14.3 Å². The van der Waals surface area contributed by atoms with Crippen molar-refractivity contribution in [1.82, 2.24) is 19.4 Å². The molecule has 1 spiro atoms. The molecule has 164 valence electrons. The first-order chi connectivity index (χ1) is 15.0. The summed E-state index contributed by atoms with van der Waals surface area (Å²) in [5.74, 6) is -0.172. The van der Waals surface area contributed by atoms with E-state index in [-0.39, 0.29) is 11.4 Å². The van der Waals surface area contributed by atoms with Gasteiger partial charge in [-0.15, -0.1) is 0 Å². The van der Waals surface area contributed by atoms with Gasteiger partial charge >= 0.3 is 0 Å². The topological polar surface area (TPSA) is 38.4 Å². The molecule has 2 aliphatic heterocycles. The fourth-order valence-electron chi connectivity index (χ4n) is 5.29. The molecular weight excluding hydrogens is 409 g/mol. The van der Waals surface area contributed by atoms with Crippen LogP contribution < -0.4 is 4.31 Å². The summed E-state index contributed by atoms with van der Waals surface area (Å²) in [7, 11) is 2.13. The van der Waals surface area contributed by atoms with E-state index >= 15 is 0 Å². The molecule has 2 fully saturated rings. The van der Waals surface area contributed by atoms with E-state index in [2.05, 4.69) is 62.8 Å². The fourth-order valence-corrected chi connectivity index (χ4v) is 6.47. The van der Waals surface area contributed by atoms with Crippen molar-refractivity contribution in [3.63, 3.8) is 0 Å². The van der Waals surface area contributed by atoms with Crippen LogP contribution in [-0.4, -0.2) is 51.1 Å². The highest BCUT2D eigenvalue weighted by atomic mass is 32.2. The van der Waals surface area contributed by atoms with E-state index in [1.165, 1.54) is 22.7 Å². The van der Waals surface area contributed by atoms with E-state index in [9.17, 15) is 4.39 Å². The second-order valence-electron chi connectivity index (χ2n) is 9.05. The van der Waals surface area contributed by atoms with Crippen LogP contribution in [0.2, 0.25) is 0 Å². The van der Waals surface area contributed by atoms with Gasteiger partial charge in [-0.25, -0.2) is 8.70 Å². The minimum Gasteiger partial charge on any atom is -0.296 e. The zero-order chi connectivity index (χ0) is 21.6. The van der Waals surface area contributed by atoms with Crippen molar-refractivity contribution in [3.05, 3.63) is 59.5 Å². The van der Waals surface area contributed by atoms with Gasteiger partial charge in [0.25, 0.3) is 0 Å². The highest BCUT2D eigenvalue weighted by molar-refractivity contribution is 7.98. The molecule has 0 amide bonds. The van der Waals surface area contributed by atoms with Crippen molar-refractivity contribution in [2.45, 2.75) is 51.2 Å². The highest BCUT2D eigenvalue weighted by Gasteiger charge is 2.48. The van der Waals surface area contributed by atoms with Crippen molar-refractivity contribution >= 4 is 28.7 Å². The van der Waals surface area contributed by atoms with Crippen LogP contribution in [0.25, 0.3) is 10.9 Å². The van der Waals surface area contributed by atoms with E-state index in [0.717, 1.165) is 50.1 Å². The molecule has 2 aliphatic rings. The summed E-state index contributed by atoms with van der Waals surface area (Å²) in [5, 5.41) is 8.82. The van der Waals surface area contributed by atoms with Gasteiger partial charge in [-0.2, -0.15) is 5.10 Å². The number of likely N-dealkylation sites (N-methyl/N-ethyl adjacent to an activating group) is 1. The van der Waals surface area contributed by atoms with Gasteiger partial charge in [0, 0.05) is 48.9 Å². The molecule has 2 saturated heterocycles. The Kier molecular flexibility index (Phi) is 5.44. The second-order valence-corrected chi connectivity index (χ2v) is 10.2. The van der Waals surface area contributed by atoms with Crippen LogP contribution in [-0.2, 0) is 13.0 Å². The number of piperidine rings is 1. The smallest absolute Gasteiger partial charge is 0.125 e. The number of aromatic amines is 1. The van der Waals surface area contributed by atoms with Crippen molar-refractivity contribution in [2.75, 3.05) is 24.4 Å². The van der Waals surface area contributed by atoms with E-state index in [4.69, 9.17) is 0 Å². The summed E-state index contributed by atoms with van der Waals surface area (Å²) < 4.78 is 18.6. The first kappa shape index (κ1) is 20.8. The van der Waals surface area contributed by atoms with E-state index in [1.807, 2.05) is 12.1 Å². The third-order valence-electron chi connectivity index (χ3n) is 6.81. The highest BCUT2D eigenvalue weighted by Crippen LogP contribution is 2.46. The van der Waals surface area contributed by atoms with Crippen LogP contribution in [0.5, 0.6) is 0 Å². The summed E-state index contributed by atoms with van der Waals surface area (Å²) in [6.07, 6.45) is 3.10. The Bertz CT molecular complexity index is 1080. The number of benzene rings is 2. The van der Waals surface area contributed by atoms with Gasteiger partial charge < -0.3 is 0 Å². The molecule has 5 rings (SSSR count). The molecule has 2 aromatic carbocycles. The quantitative estimate of drug-likeness (QED) is 0.579. The largest absolute Gasteiger partial charge is 0.296 e. The van der Waals surface area contributed by atoms with E-state index < -0.39 is 0 Å². The van der Waals surface area contributed by atoms with E-state index in [0.29, 0.717) is 6.04 Å². The molecule has 1 aromatic heterocycles. The molecule has 2 atom stereocenters. The zero-order valence-corrected chi connectivity index (χ0v) is 19.3. The summed E-state index contributed by atoms with van der Waals surface area (Å²) in [6.45, 7) is 7.47. The zero-order valence-electron chi connectivity index (χ0n) is 18.4. The lowest BCUT2D eigenvalue weighted by Gasteiger charge is -2.47. The van der Waals surface area contributed by atoms with Gasteiger partial charge in [-0.1, -0.05) is 19.1 Å². The molecule has 31 heavy (non-hydrogen) atoms. The number of nitrogens with zero attached hydrogens (tertiary/aromatic N) is 4. The molecule has 1 N–H and O–H groups in total. The first-order valence-electron chi connectivity index (χ1n) is 11.1. The van der Waals surface area contributed by atoms with Crippen molar-refractivity contribution in [2.24, 2.45) is 0 Å². The number of hydrogen-bond acceptors (Lipinski definition) is 5. The van der Waals surface area contributed by atoms with E-state index in [1.54, 1.807) is 18.2 Å². The summed E-state index contributed by atoms with van der Waals surface area (Å²) in [6, 6.07) is 14.1. The van der Waals surface area contributed by atoms with Gasteiger partial charge in [0.05, 0.1) is 16.7 Å². The molecule has 0 aliphatic carbocycles. The first-order valence-corrected chi connectivity index (χ1v) is 11.9. The Morgan fingerprint density at radius 3 is 2.90 bits per heavy atom. The molecule has 7 heteroatoms. The van der Waals surface area contributed by atoms with Crippen LogP contribution in [0.3, 0.4) is 0 Å². The fraction of sp³-hybridized carbons (Fsp3) is 0.458. The number of H-pyrrole nitrogens is 1. The predicted octanol–water partition coefficient (Wildman–Crippen LogP) is 5.00. The molecule has 0 bridgehead atoms. The standard InChI is InChI=1S/C24H30FN5S/c1-4-22-21-12-18(8-9-23(21)27-26-22)15-29-11-10-24(14-17(29)2)16-28(3)31-30(24)20-7-5-6-19(25)13-20/h5-9,12-13,17H,4,10-11,14-16H2,1-3H3,(H,26,27)/t17-,24+/m0/s1. The van der Waals surface area contributed by atoms with Crippen molar-refractivity contribution in [3.8, 4) is 0 Å². The Balaban J connectivity index is 1.35. The van der Waals surface area contributed by atoms with Gasteiger partial charge in [0.15, 0.2) is 0 Å². The molecule has 0 radical (unpaired) electrons. The van der Waals surface area contributed by atoms with Crippen molar-refractivity contribution in [1.29, 1.82) is 0 Å². The van der Waals surface area contributed by atoms with Crippen LogP contribution in [0.4, 0.5) is 10.1 Å². The minimum absolute atomic E-state index is 0.0347. The average molecular weight is 440 g/mol. The number of likely N-dealkylation sites (tertiary alicyclic amines) is 1. The normalized spacial score (nSPS) is 25.2. The Morgan fingerprint density at radius 1 is 1.26 bits per heavy atom. The number of nitrogens with one attached hydrogen (secondary N) is 1. The van der Waals surface area contributed by atoms with Crippen LogP contribution in [0.15, 0.2) is 42.5 Å². The monoisotopic (exact) mass is 439 g/mol. The Morgan fingerprint density at radius 2 is 2.13 bits per heavy atom. The lowest BCUT2D eigenvalue weighted by atomic mass is 9.82. The summed E-state index contributed by atoms with van der Waals surface area (Å²) in [4.78, 5) is 2.59. The van der Waals surface area contributed by atoms with Crippen LogP contribution >= 0.6 is 12.1 Å². The number of aryl methyl sites for hydroxylation is 1. The predicted molar refractivity (Wildman–Crippen MR) is 126 cm³/mol. The second kappa shape index (κ2) is 8.11. The molecular formula is C24H30FN5S. The molecule has 0 unspecified atom stereocenters. The number of halogens is 1. The van der Waals surface area contributed by atoms with Crippen molar-refractivity contribution < 1.29 is 4.39 Å². The maximum atomic E-state index is 13.9. The number of aromatic nitrogens is 2. The average Bonchev–Trinajstić information content (AvgIpc) is 3.30. The number of rotatable bonds is 4. The van der Waals surface area contributed by atoms with Gasteiger partial charge in [0.1, 0.15) is 5.82 Å². The third-order valence-corrected chi connectivity index (χ3v) is 7.98. The van der Waals surface area contributed by atoms with Gasteiger partial charge in [0.2, 0.25) is 0 Å². The third kappa shape index (κ3) is 3.83. The maximum Gasteiger partial charge on any atom is 0.125 e. The molecule has 3 aromatic rings.